The lowest BCUT2D eigenvalue weighted by atomic mass is 10.1. The number of likely N-dealkylation sites (tertiary alicyclic amines) is 4. The molecule has 17 heteroatoms. The van der Waals surface area contributed by atoms with Crippen molar-refractivity contribution in [2.45, 2.75) is 126 Å². The van der Waals surface area contributed by atoms with E-state index in [2.05, 4.69) is 308 Å². The highest BCUT2D eigenvalue weighted by Crippen LogP contribution is 2.16. The molecule has 5 aromatic rings. The minimum absolute atomic E-state index is 0. The Bertz CT molecular complexity index is 2540. The predicted octanol–water partition coefficient (Wildman–Crippen LogP) is 12.6. The van der Waals surface area contributed by atoms with Crippen LogP contribution in [0.5, 0.6) is 0 Å². The Hall–Kier alpha value is -4.58. The van der Waals surface area contributed by atoms with Crippen molar-refractivity contribution >= 4 is 0 Å². The lowest BCUT2D eigenvalue weighted by Gasteiger charge is -2.34. The van der Waals surface area contributed by atoms with Gasteiger partial charge < -0.3 is 4.74 Å². The molecule has 5 aromatic carbocycles. The monoisotopic (exact) mass is 1430 g/mol. The molecule has 0 unspecified atom stereocenters. The average Bonchev–Trinajstić information content (AvgIpc) is 1.87. The fourth-order valence-corrected chi connectivity index (χ4v) is 14.1. The highest BCUT2D eigenvalue weighted by molar-refractivity contribution is 5.18. The van der Waals surface area contributed by atoms with Gasteiger partial charge in [0.15, 0.2) is 0 Å². The highest BCUT2D eigenvalue weighted by Gasteiger charge is 2.20. The van der Waals surface area contributed by atoms with Gasteiger partial charge in [-0.05, 0) is 215 Å². The second-order valence-electron chi connectivity index (χ2n) is 30.3. The number of hydrogen-bond donors (Lipinski definition) is 0. The molecule has 17 nitrogen and oxygen atoms in total. The van der Waals surface area contributed by atoms with E-state index < -0.39 is 0 Å². The number of rotatable bonds is 20. The van der Waals surface area contributed by atoms with Gasteiger partial charge in [-0.15, -0.1) is 0 Å². The van der Waals surface area contributed by atoms with Crippen LogP contribution in [0.4, 0.5) is 0 Å². The molecule has 0 N–H and O–H groups in total. The molecule has 13 rings (SSSR count). The second-order valence-corrected chi connectivity index (χ2v) is 30.3. The molecule has 584 valence electrons. The Morgan fingerprint density at radius 2 is 0.592 bits per heavy atom. The molecule has 8 aliphatic rings. The van der Waals surface area contributed by atoms with Gasteiger partial charge in [-0.25, -0.2) is 0 Å². The topological polar surface area (TPSA) is 61.1 Å². The van der Waals surface area contributed by atoms with E-state index in [1.54, 1.807) is 0 Å². The minimum atomic E-state index is 0. The van der Waals surface area contributed by atoms with Crippen molar-refractivity contribution < 1.29 is 4.74 Å². The smallest absolute Gasteiger partial charge is 0.0594 e. The minimum Gasteiger partial charge on any atom is -0.379 e. The average molecular weight is 1430 g/mol. The van der Waals surface area contributed by atoms with Gasteiger partial charge in [0.05, 0.1) is 66.6 Å². The predicted molar refractivity (Wildman–Crippen MR) is 444 cm³/mol. The molecule has 8 heterocycles. The zero-order valence-electron chi connectivity index (χ0n) is 65.2. The normalized spacial score (nSPS) is 19.1. The van der Waals surface area contributed by atoms with Gasteiger partial charge in [0.2, 0.25) is 0 Å². The largest absolute Gasteiger partial charge is 0.379 e. The Morgan fingerprint density at radius 3 is 0.903 bits per heavy atom. The van der Waals surface area contributed by atoms with Gasteiger partial charge in [-0.3, -0.25) is 78.4 Å². The van der Waals surface area contributed by atoms with Crippen LogP contribution in [-0.4, -0.2) is 327 Å². The summed E-state index contributed by atoms with van der Waals surface area (Å²) in [7, 11) is 23.6. The first kappa shape index (κ1) is 92.6. The molecule has 0 aliphatic carbocycles. The molecule has 8 aliphatic heterocycles. The fourth-order valence-electron chi connectivity index (χ4n) is 14.1. The second kappa shape index (κ2) is 56.7. The SMILES string of the molecule is C.C.C.C1CCN(CN2CCCC2)C1.C1CCN(CN2CCOCC2)CC1.CN(C)CN(Cc1ccccc1)Cc1ccccc1.CN(C)CN1CCCCC1.CN(Cc1ccccc1)CN(C)Cc1ccccc1.CN1CCCN(C)C1.CN1CCN(C)C1.CN1CCN(Cc2ccccc2)C1. The number of hydrogen-bond acceptors (Lipinski definition) is 17. The lowest BCUT2D eigenvalue weighted by Crippen LogP contribution is -2.45. The van der Waals surface area contributed by atoms with Gasteiger partial charge in [-0.1, -0.05) is 187 Å². The quantitative estimate of drug-likeness (QED) is 0.0694. The number of ether oxygens (including phenoxy) is 1. The summed E-state index contributed by atoms with van der Waals surface area (Å²) in [4.78, 5) is 38.5. The summed E-state index contributed by atoms with van der Waals surface area (Å²) >= 11 is 0. The molecule has 0 radical (unpaired) electrons. The number of nitrogens with zero attached hydrogens (tertiary/aromatic N) is 16. The molecule has 0 spiro atoms. The van der Waals surface area contributed by atoms with E-state index in [-0.39, 0.29) is 22.3 Å². The van der Waals surface area contributed by atoms with Crippen LogP contribution in [-0.2, 0) is 37.5 Å². The molecule has 0 aromatic heterocycles. The van der Waals surface area contributed by atoms with Gasteiger partial charge in [-0.2, -0.15) is 0 Å². The van der Waals surface area contributed by atoms with E-state index in [0.29, 0.717) is 0 Å². The van der Waals surface area contributed by atoms with Crippen molar-refractivity contribution in [1.29, 1.82) is 0 Å². The first-order valence-electron chi connectivity index (χ1n) is 38.5. The first-order chi connectivity index (χ1) is 48.6. The van der Waals surface area contributed by atoms with Gasteiger partial charge >= 0.3 is 0 Å². The third kappa shape index (κ3) is 44.4. The molecule has 103 heavy (non-hydrogen) atoms. The van der Waals surface area contributed by atoms with E-state index >= 15 is 0 Å². The number of piperidine rings is 2. The highest BCUT2D eigenvalue weighted by atomic mass is 16.5. The zero-order chi connectivity index (χ0) is 71.2. The van der Waals surface area contributed by atoms with Crippen molar-refractivity contribution in [3.63, 3.8) is 0 Å². The molecule has 0 amide bonds. The summed E-state index contributed by atoms with van der Waals surface area (Å²) in [5.74, 6) is 0. The van der Waals surface area contributed by atoms with Crippen LogP contribution in [0.1, 0.15) is 121 Å². The van der Waals surface area contributed by atoms with E-state index in [0.717, 1.165) is 99.0 Å². The van der Waals surface area contributed by atoms with E-state index in [4.69, 9.17) is 4.74 Å². The molecular weight excluding hydrogens is 1270 g/mol. The summed E-state index contributed by atoms with van der Waals surface area (Å²) in [6, 6.07) is 53.2. The summed E-state index contributed by atoms with van der Waals surface area (Å²) < 4.78 is 5.33. The Labute approximate surface area is 633 Å². The van der Waals surface area contributed by atoms with E-state index in [9.17, 15) is 0 Å². The van der Waals surface area contributed by atoms with E-state index in [1.165, 1.54) is 203 Å². The van der Waals surface area contributed by atoms with Crippen molar-refractivity contribution in [2.24, 2.45) is 0 Å². The van der Waals surface area contributed by atoms with Gasteiger partial charge in [0.25, 0.3) is 0 Å². The van der Waals surface area contributed by atoms with Crippen molar-refractivity contribution in [2.75, 3.05) is 249 Å². The maximum absolute atomic E-state index is 5.33. The summed E-state index contributed by atoms with van der Waals surface area (Å²) in [5.41, 5.74) is 6.86. The third-order valence-corrected chi connectivity index (χ3v) is 19.1. The van der Waals surface area contributed by atoms with Crippen molar-refractivity contribution in [3.8, 4) is 0 Å². The van der Waals surface area contributed by atoms with Crippen LogP contribution >= 0.6 is 0 Å². The molecule has 8 saturated heterocycles. The summed E-state index contributed by atoms with van der Waals surface area (Å²) in [5, 5.41) is 0. The summed E-state index contributed by atoms with van der Waals surface area (Å²) in [6.07, 6.45) is 15.5. The zero-order valence-corrected chi connectivity index (χ0v) is 65.2. The van der Waals surface area contributed by atoms with Crippen LogP contribution in [0, 0.1) is 0 Å². The molecular formula is C86H154N16O. The molecule has 0 bridgehead atoms. The maximum atomic E-state index is 5.33. The van der Waals surface area contributed by atoms with Gasteiger partial charge in [0.1, 0.15) is 0 Å². The van der Waals surface area contributed by atoms with Crippen molar-refractivity contribution in [1.82, 2.24) is 78.4 Å². The number of morpholine rings is 1. The number of benzene rings is 5. The van der Waals surface area contributed by atoms with Crippen molar-refractivity contribution in [3.05, 3.63) is 179 Å². The van der Waals surface area contributed by atoms with Crippen LogP contribution in [0.15, 0.2) is 152 Å². The van der Waals surface area contributed by atoms with Crippen LogP contribution in [0.2, 0.25) is 0 Å². The van der Waals surface area contributed by atoms with Gasteiger partial charge in [0, 0.05) is 85.1 Å². The Morgan fingerprint density at radius 1 is 0.282 bits per heavy atom. The van der Waals surface area contributed by atoms with E-state index in [1.807, 2.05) is 0 Å². The molecule has 0 saturated carbocycles. The maximum Gasteiger partial charge on any atom is 0.0594 e. The van der Waals surface area contributed by atoms with Crippen LogP contribution in [0.3, 0.4) is 0 Å². The Kier molecular flexibility index (Phi) is 51.0. The summed E-state index contributed by atoms with van der Waals surface area (Å²) in [6.45, 7) is 36.0. The number of likely N-dealkylation sites (N-methyl/N-ethyl adjacent to an activating group) is 3. The molecule has 8 fully saturated rings. The first-order valence-corrected chi connectivity index (χ1v) is 38.5. The van der Waals surface area contributed by atoms with Crippen LogP contribution < -0.4 is 0 Å². The fraction of sp³-hybridized carbons (Fsp3) is 0.651. The lowest BCUT2D eigenvalue weighted by molar-refractivity contribution is 0.00625. The third-order valence-electron chi connectivity index (χ3n) is 19.1. The standard InChI is InChI=1S/2C17H22N2.C11H16N2.C10H20N2O.C9H18N2.C8H18N2.C6H14N2.C5H12N2.3CH4/c1-18(13-16-9-5-3-6-10-16)15-19(2)14-17-11-7-4-8-12-17;1-18(2)15-19(13-16-9-5-3-6-10-16)14-17-11-7-4-8-12-17;1-12-7-8-13(10-12)9-11-5-3-2-4-6-11;1-2-4-11(5-3-1)10-12-6-8-13-9-7-12;1-2-6-10(5-1)9-11-7-3-4-8-11;1-9(2)8-10-6-4-3-5-7-10;1-7-4-3-5-8(2)6-7;1-6-3-4-7(2)5-6;;;/h2*3-12H,13-15H2,1-2H3;2-6H,7-10H2,1H3;1-10H2;1-9H2;3-8H2,1-2H3;3-6H2,1-2H3;3-5H2,1-2H3;3*1H4. The molecule has 0 atom stereocenters. The van der Waals surface area contributed by atoms with Crippen LogP contribution in [0.25, 0.3) is 0 Å². The Balaban J connectivity index is 0.000000310.